The number of amidine groups is 1. The fourth-order valence-corrected chi connectivity index (χ4v) is 1.31. The third-order valence-corrected chi connectivity index (χ3v) is 1.97. The number of allylic oxidation sites excluding steroid dienone is 1. The van der Waals surface area contributed by atoms with Crippen molar-refractivity contribution in [1.29, 1.82) is 0 Å². The molecule has 0 heterocycles. The standard InChI is InChI=1S/C11H19ClFN3/c1-5-9(7-10(12)16-13)11(14-6-2)15-8(3)4/h7-8H,5-6H2,1-4H3,(H,14,15)/b9-7+,16-10?. The summed E-state index contributed by atoms with van der Waals surface area (Å²) in [6.07, 6.45) is 2.20. The molecule has 0 unspecified atom stereocenters. The van der Waals surface area contributed by atoms with E-state index in [1.54, 1.807) is 0 Å². The van der Waals surface area contributed by atoms with Crippen LogP contribution in [0.2, 0.25) is 0 Å². The van der Waals surface area contributed by atoms with Crippen molar-refractivity contribution >= 4 is 22.6 Å². The van der Waals surface area contributed by atoms with Crippen molar-refractivity contribution < 1.29 is 4.48 Å². The van der Waals surface area contributed by atoms with E-state index in [0.717, 1.165) is 11.4 Å². The molecule has 0 rings (SSSR count). The predicted octanol–water partition coefficient (Wildman–Crippen LogP) is 3.26. The molecule has 0 radical (unpaired) electrons. The van der Waals surface area contributed by atoms with Gasteiger partial charge in [0.2, 0.25) is 0 Å². The topological polar surface area (TPSA) is 36.8 Å². The van der Waals surface area contributed by atoms with Crippen LogP contribution in [0.15, 0.2) is 21.9 Å². The summed E-state index contributed by atoms with van der Waals surface area (Å²) < 4.78 is 11.9. The van der Waals surface area contributed by atoms with E-state index >= 15 is 0 Å². The highest BCUT2D eigenvalue weighted by atomic mass is 35.5. The molecule has 0 saturated carbocycles. The molecular weight excluding hydrogens is 229 g/mol. The van der Waals surface area contributed by atoms with E-state index in [4.69, 9.17) is 11.6 Å². The van der Waals surface area contributed by atoms with E-state index in [2.05, 4.69) is 15.5 Å². The van der Waals surface area contributed by atoms with E-state index in [1.165, 1.54) is 6.08 Å². The zero-order valence-corrected chi connectivity index (χ0v) is 11.0. The van der Waals surface area contributed by atoms with Gasteiger partial charge in [0.25, 0.3) is 0 Å². The van der Waals surface area contributed by atoms with Crippen LogP contribution < -0.4 is 5.32 Å². The maximum absolute atomic E-state index is 11.9. The summed E-state index contributed by atoms with van der Waals surface area (Å²) in [6, 6.07) is 0.265. The van der Waals surface area contributed by atoms with E-state index < -0.39 is 0 Å². The molecule has 0 atom stereocenters. The summed E-state index contributed by atoms with van der Waals surface area (Å²) in [7, 11) is 0. The molecule has 0 aromatic carbocycles. The Labute approximate surface area is 101 Å². The van der Waals surface area contributed by atoms with Crippen LogP contribution in [-0.2, 0) is 0 Å². The van der Waals surface area contributed by atoms with Crippen LogP contribution in [0.3, 0.4) is 0 Å². The van der Waals surface area contributed by atoms with Crippen molar-refractivity contribution in [3.8, 4) is 0 Å². The first-order chi connectivity index (χ1) is 7.54. The molecule has 5 heteroatoms. The fourth-order valence-electron chi connectivity index (χ4n) is 1.18. The molecule has 1 N–H and O–H groups in total. The van der Waals surface area contributed by atoms with Gasteiger partial charge in [-0.1, -0.05) is 28.2 Å². The van der Waals surface area contributed by atoms with Crippen molar-refractivity contribution in [2.75, 3.05) is 6.54 Å². The van der Waals surface area contributed by atoms with Crippen molar-refractivity contribution in [3.63, 3.8) is 0 Å². The normalized spacial score (nSPS) is 14.6. The van der Waals surface area contributed by atoms with Crippen molar-refractivity contribution in [2.45, 2.75) is 40.2 Å². The first kappa shape index (κ1) is 15.1. The molecule has 0 fully saturated rings. The van der Waals surface area contributed by atoms with Crippen LogP contribution in [0.4, 0.5) is 4.48 Å². The Morgan fingerprint density at radius 3 is 2.44 bits per heavy atom. The van der Waals surface area contributed by atoms with Gasteiger partial charge in [0, 0.05) is 12.6 Å². The molecule has 0 aromatic rings. The van der Waals surface area contributed by atoms with Gasteiger partial charge in [-0.2, -0.15) is 0 Å². The lowest BCUT2D eigenvalue weighted by molar-refractivity contribution is 0.540. The smallest absolute Gasteiger partial charge is 0.162 e. The summed E-state index contributed by atoms with van der Waals surface area (Å²) in [5, 5.41) is 5.47. The zero-order chi connectivity index (χ0) is 12.6. The van der Waals surface area contributed by atoms with E-state index in [9.17, 15) is 4.48 Å². The third-order valence-electron chi connectivity index (χ3n) is 1.80. The molecule has 16 heavy (non-hydrogen) atoms. The number of hydrogen-bond donors (Lipinski definition) is 1. The lowest BCUT2D eigenvalue weighted by atomic mass is 10.1. The molecule has 0 amide bonds. The van der Waals surface area contributed by atoms with E-state index in [0.29, 0.717) is 13.0 Å². The summed E-state index contributed by atoms with van der Waals surface area (Å²) in [5.74, 6) is 0.752. The second-order valence-corrected chi connectivity index (χ2v) is 3.94. The molecule has 0 saturated heterocycles. The number of aliphatic imine (C=N–C) groups is 1. The lowest BCUT2D eigenvalue weighted by Crippen LogP contribution is -2.32. The summed E-state index contributed by atoms with van der Waals surface area (Å²) in [6.45, 7) is 8.60. The SMILES string of the molecule is CC/N=C(NC(C)C)\C(=C\C(Cl)=NF)CC. The number of halogens is 2. The van der Waals surface area contributed by atoms with Gasteiger partial charge in [0.1, 0.15) is 5.84 Å². The molecule has 0 aromatic heterocycles. The highest BCUT2D eigenvalue weighted by Gasteiger charge is 2.07. The van der Waals surface area contributed by atoms with Gasteiger partial charge >= 0.3 is 0 Å². The summed E-state index contributed by atoms with van der Waals surface area (Å²) >= 11 is 5.54. The Bertz CT molecular complexity index is 296. The third kappa shape index (κ3) is 5.85. The first-order valence-corrected chi connectivity index (χ1v) is 5.79. The molecule has 0 aliphatic carbocycles. The van der Waals surface area contributed by atoms with Crippen LogP contribution in [0.25, 0.3) is 0 Å². The number of nitrogens with one attached hydrogen (secondary N) is 1. The average Bonchev–Trinajstić information content (AvgIpc) is 2.24. The van der Waals surface area contributed by atoms with Gasteiger partial charge < -0.3 is 5.32 Å². The van der Waals surface area contributed by atoms with E-state index in [1.807, 2.05) is 27.7 Å². The van der Waals surface area contributed by atoms with Gasteiger partial charge in [-0.05, 0) is 38.8 Å². The minimum atomic E-state index is -0.161. The van der Waals surface area contributed by atoms with Crippen LogP contribution >= 0.6 is 11.6 Å². The van der Waals surface area contributed by atoms with Gasteiger partial charge in [-0.25, -0.2) is 0 Å². The van der Waals surface area contributed by atoms with Crippen molar-refractivity contribution in [3.05, 3.63) is 11.6 Å². The van der Waals surface area contributed by atoms with Crippen LogP contribution in [-0.4, -0.2) is 23.6 Å². The average molecular weight is 248 g/mol. The van der Waals surface area contributed by atoms with Crippen molar-refractivity contribution in [1.82, 2.24) is 5.32 Å². The summed E-state index contributed by atoms with van der Waals surface area (Å²) in [5.41, 5.74) is 0.849. The number of hydrogen-bond acceptors (Lipinski definition) is 2. The molecule has 0 spiro atoms. The Hall–Kier alpha value is -0.900. The van der Waals surface area contributed by atoms with Crippen LogP contribution in [0.1, 0.15) is 34.1 Å². The predicted molar refractivity (Wildman–Crippen MR) is 69.0 cm³/mol. The minimum Gasteiger partial charge on any atom is -0.368 e. The number of nitrogens with zero attached hydrogens (tertiary/aromatic N) is 2. The molecule has 92 valence electrons. The van der Waals surface area contributed by atoms with E-state index in [-0.39, 0.29) is 11.2 Å². The van der Waals surface area contributed by atoms with Crippen LogP contribution in [0, 0.1) is 0 Å². The van der Waals surface area contributed by atoms with Gasteiger partial charge in [-0.3, -0.25) is 4.99 Å². The molecule has 0 bridgehead atoms. The summed E-state index contributed by atoms with van der Waals surface area (Å²) in [4.78, 5) is 4.32. The highest BCUT2D eigenvalue weighted by molar-refractivity contribution is 6.68. The molecule has 0 aliphatic heterocycles. The van der Waals surface area contributed by atoms with Crippen LogP contribution in [0.5, 0.6) is 0 Å². The molecule has 3 nitrogen and oxygen atoms in total. The quantitative estimate of drug-likeness (QED) is 0.588. The zero-order valence-electron chi connectivity index (χ0n) is 10.2. The Kier molecular flexibility index (Phi) is 7.81. The second kappa shape index (κ2) is 8.28. The van der Waals surface area contributed by atoms with Gasteiger partial charge in [0.15, 0.2) is 5.17 Å². The fraction of sp³-hybridized carbons (Fsp3) is 0.636. The minimum absolute atomic E-state index is 0.161. The number of rotatable bonds is 5. The molecule has 0 aliphatic rings. The van der Waals surface area contributed by atoms with Crippen molar-refractivity contribution in [2.24, 2.45) is 10.2 Å². The maximum Gasteiger partial charge on any atom is 0.162 e. The highest BCUT2D eigenvalue weighted by Crippen LogP contribution is 2.06. The Morgan fingerprint density at radius 2 is 2.06 bits per heavy atom. The maximum atomic E-state index is 11.9. The van der Waals surface area contributed by atoms with Gasteiger partial charge in [0.05, 0.1) is 0 Å². The largest absolute Gasteiger partial charge is 0.368 e. The molecular formula is C11H19ClFN3. The Morgan fingerprint density at radius 1 is 1.44 bits per heavy atom. The monoisotopic (exact) mass is 247 g/mol. The lowest BCUT2D eigenvalue weighted by Gasteiger charge is -2.15. The van der Waals surface area contributed by atoms with Gasteiger partial charge in [-0.15, -0.1) is 0 Å². The Balaban J connectivity index is 5.00. The first-order valence-electron chi connectivity index (χ1n) is 5.41. The second-order valence-electron chi connectivity index (χ2n) is 3.55.